The predicted molar refractivity (Wildman–Crippen MR) is 90.0 cm³/mol. The first-order valence-electron chi connectivity index (χ1n) is 7.76. The Kier molecular flexibility index (Phi) is 4.01. The number of carbonyl (C=O) groups excluding carboxylic acids is 1. The Balaban J connectivity index is 1.90. The molecule has 1 aromatic carbocycles. The van der Waals surface area contributed by atoms with Crippen LogP contribution in [0.2, 0.25) is 0 Å². The topological polar surface area (TPSA) is 79.4 Å². The monoisotopic (exact) mass is 329 g/mol. The number of carbonyl (C=O) groups is 1. The van der Waals surface area contributed by atoms with Gasteiger partial charge < -0.3 is 15.7 Å². The smallest absolute Gasteiger partial charge is 0.254 e. The largest absolute Gasteiger partial charge is 0.398 e. The van der Waals surface area contributed by atoms with Gasteiger partial charge in [-0.2, -0.15) is 0 Å². The van der Waals surface area contributed by atoms with Crippen molar-refractivity contribution in [2.45, 2.75) is 32.2 Å². The fourth-order valence-corrected chi connectivity index (χ4v) is 2.79. The number of halogens is 1. The van der Waals surface area contributed by atoms with Crippen molar-refractivity contribution in [1.82, 2.24) is 9.88 Å². The van der Waals surface area contributed by atoms with E-state index in [0.29, 0.717) is 17.8 Å². The number of nitrogen functional groups attached to an aromatic ring is 1. The molecule has 2 aromatic rings. The maximum atomic E-state index is 14.1. The Morgan fingerprint density at radius 2 is 2.00 bits per heavy atom. The van der Waals surface area contributed by atoms with Crippen LogP contribution in [0.1, 0.15) is 29.8 Å². The molecule has 0 bridgehead atoms. The number of nitrogens with two attached hydrogens (primary N) is 1. The van der Waals surface area contributed by atoms with E-state index in [1.165, 1.54) is 18.7 Å². The Hall–Kier alpha value is -2.47. The fourth-order valence-electron chi connectivity index (χ4n) is 2.79. The summed E-state index contributed by atoms with van der Waals surface area (Å²) in [6.45, 7) is 2.93. The van der Waals surface area contributed by atoms with E-state index in [9.17, 15) is 14.3 Å². The van der Waals surface area contributed by atoms with Gasteiger partial charge in [-0.05, 0) is 49.2 Å². The molecule has 3 N–H and O–H groups in total. The lowest BCUT2D eigenvalue weighted by atomic mass is 9.99. The molecule has 6 heteroatoms. The van der Waals surface area contributed by atoms with E-state index in [-0.39, 0.29) is 12.5 Å². The third-order valence-corrected chi connectivity index (χ3v) is 4.29. The summed E-state index contributed by atoms with van der Waals surface area (Å²) in [5.74, 6) is -0.243. The lowest BCUT2D eigenvalue weighted by molar-refractivity contribution is -0.0159. The van der Waals surface area contributed by atoms with Gasteiger partial charge in [0.05, 0.1) is 12.1 Å². The van der Waals surface area contributed by atoms with Gasteiger partial charge in [-0.15, -0.1) is 0 Å². The Labute approximate surface area is 139 Å². The first kappa shape index (κ1) is 16.4. The van der Waals surface area contributed by atoms with Crippen LogP contribution >= 0.6 is 0 Å². The van der Waals surface area contributed by atoms with Gasteiger partial charge in [0.15, 0.2) is 0 Å². The third kappa shape index (κ3) is 2.97. The highest BCUT2D eigenvalue weighted by Crippen LogP contribution is 2.33. The number of aromatic nitrogens is 1. The van der Waals surface area contributed by atoms with Gasteiger partial charge in [-0.25, -0.2) is 4.39 Å². The predicted octanol–water partition coefficient (Wildman–Crippen LogP) is 2.40. The van der Waals surface area contributed by atoms with E-state index < -0.39 is 11.8 Å². The minimum Gasteiger partial charge on any atom is -0.398 e. The summed E-state index contributed by atoms with van der Waals surface area (Å²) in [5.41, 5.74) is 8.13. The molecule has 1 unspecified atom stereocenters. The fraction of sp³-hybridized carbons (Fsp3) is 0.333. The molecule has 0 saturated heterocycles. The van der Waals surface area contributed by atoms with Crippen molar-refractivity contribution in [2.75, 3.05) is 12.3 Å². The molecule has 0 aliphatic carbocycles. The van der Waals surface area contributed by atoms with Crippen molar-refractivity contribution in [3.8, 4) is 11.1 Å². The molecule has 0 saturated carbocycles. The second-order valence-corrected chi connectivity index (χ2v) is 6.64. The van der Waals surface area contributed by atoms with Crippen LogP contribution in [0.15, 0.2) is 36.7 Å². The molecular formula is C18H20FN3O2. The Bertz CT molecular complexity index is 772. The standard InChI is InChI=1S/C18H20FN3O2/c1-18(2,24)16(19)10-22-9-12-7-15(20)13(8-14(12)17(22)23)11-3-5-21-6-4-11/h3-8,16,24H,9-10,20H2,1-2H3. The van der Waals surface area contributed by atoms with Crippen molar-refractivity contribution in [3.63, 3.8) is 0 Å². The number of anilines is 1. The van der Waals surface area contributed by atoms with E-state index >= 15 is 0 Å². The van der Waals surface area contributed by atoms with Crippen LogP contribution in [0.25, 0.3) is 11.1 Å². The van der Waals surface area contributed by atoms with E-state index in [1.807, 2.05) is 12.1 Å². The van der Waals surface area contributed by atoms with Crippen LogP contribution in [0.4, 0.5) is 10.1 Å². The summed E-state index contributed by atoms with van der Waals surface area (Å²) in [6, 6.07) is 7.16. The highest BCUT2D eigenvalue weighted by atomic mass is 19.1. The number of benzene rings is 1. The number of alkyl halides is 1. The Morgan fingerprint density at radius 1 is 1.33 bits per heavy atom. The molecule has 1 aromatic heterocycles. The lowest BCUT2D eigenvalue weighted by Gasteiger charge is -2.26. The highest BCUT2D eigenvalue weighted by Gasteiger charge is 2.34. The molecule has 0 fully saturated rings. The summed E-state index contributed by atoms with van der Waals surface area (Å²) >= 11 is 0. The quantitative estimate of drug-likeness (QED) is 0.844. The van der Waals surface area contributed by atoms with Crippen LogP contribution in [-0.2, 0) is 6.54 Å². The molecule has 1 aliphatic rings. The Morgan fingerprint density at radius 3 is 2.62 bits per heavy atom. The minimum atomic E-state index is -1.52. The molecule has 0 radical (unpaired) electrons. The number of pyridine rings is 1. The van der Waals surface area contributed by atoms with Crippen molar-refractivity contribution >= 4 is 11.6 Å². The third-order valence-electron chi connectivity index (χ3n) is 4.29. The van der Waals surface area contributed by atoms with Crippen LogP contribution in [0, 0.1) is 0 Å². The number of hydrogen-bond acceptors (Lipinski definition) is 4. The van der Waals surface area contributed by atoms with Gasteiger partial charge in [0.1, 0.15) is 6.17 Å². The van der Waals surface area contributed by atoms with Crippen LogP contribution in [0.5, 0.6) is 0 Å². The molecule has 24 heavy (non-hydrogen) atoms. The van der Waals surface area contributed by atoms with Gasteiger partial charge >= 0.3 is 0 Å². The van der Waals surface area contributed by atoms with Crippen LogP contribution in [-0.4, -0.2) is 39.2 Å². The summed E-state index contributed by atoms with van der Waals surface area (Å²) in [6.07, 6.45) is 1.80. The SMILES string of the molecule is CC(C)(O)C(F)CN1Cc2cc(N)c(-c3ccncc3)cc2C1=O. The zero-order chi connectivity index (χ0) is 17.5. The lowest BCUT2D eigenvalue weighted by Crippen LogP contribution is -2.42. The first-order valence-corrected chi connectivity index (χ1v) is 7.76. The van der Waals surface area contributed by atoms with Gasteiger partial charge in [0.2, 0.25) is 0 Å². The molecule has 3 rings (SSSR count). The van der Waals surface area contributed by atoms with E-state index in [0.717, 1.165) is 16.7 Å². The number of hydrogen-bond donors (Lipinski definition) is 2. The number of nitrogens with zero attached hydrogens (tertiary/aromatic N) is 2. The van der Waals surface area contributed by atoms with E-state index in [4.69, 9.17) is 5.73 Å². The average molecular weight is 329 g/mol. The molecule has 2 heterocycles. The molecular weight excluding hydrogens is 309 g/mol. The minimum absolute atomic E-state index is 0.151. The normalized spacial score (nSPS) is 15.5. The molecule has 5 nitrogen and oxygen atoms in total. The van der Waals surface area contributed by atoms with Crippen molar-refractivity contribution in [2.24, 2.45) is 0 Å². The zero-order valence-corrected chi connectivity index (χ0v) is 13.7. The second-order valence-electron chi connectivity index (χ2n) is 6.64. The highest BCUT2D eigenvalue weighted by molar-refractivity contribution is 6.01. The molecule has 0 spiro atoms. The number of fused-ring (bicyclic) bond motifs is 1. The summed E-state index contributed by atoms with van der Waals surface area (Å²) in [4.78, 5) is 18.0. The second kappa shape index (κ2) is 5.87. The average Bonchev–Trinajstić information content (AvgIpc) is 2.82. The molecule has 1 amide bonds. The maximum absolute atomic E-state index is 14.1. The number of rotatable bonds is 4. The van der Waals surface area contributed by atoms with Crippen molar-refractivity contribution in [1.29, 1.82) is 0 Å². The van der Waals surface area contributed by atoms with Gasteiger partial charge in [0.25, 0.3) is 5.91 Å². The maximum Gasteiger partial charge on any atom is 0.254 e. The summed E-state index contributed by atoms with van der Waals surface area (Å²) in [5, 5.41) is 9.75. The van der Waals surface area contributed by atoms with Gasteiger partial charge in [-0.3, -0.25) is 9.78 Å². The molecule has 126 valence electrons. The summed E-state index contributed by atoms with van der Waals surface area (Å²) in [7, 11) is 0. The van der Waals surface area contributed by atoms with E-state index in [1.54, 1.807) is 24.5 Å². The number of amides is 1. The van der Waals surface area contributed by atoms with Crippen LogP contribution in [0.3, 0.4) is 0 Å². The first-order chi connectivity index (χ1) is 11.3. The molecule has 1 atom stereocenters. The summed E-state index contributed by atoms with van der Waals surface area (Å²) < 4.78 is 14.1. The van der Waals surface area contributed by atoms with Crippen molar-refractivity contribution in [3.05, 3.63) is 47.8 Å². The van der Waals surface area contributed by atoms with Gasteiger partial charge in [0, 0.05) is 35.8 Å². The number of aliphatic hydroxyl groups is 1. The van der Waals surface area contributed by atoms with Gasteiger partial charge in [-0.1, -0.05) is 0 Å². The van der Waals surface area contributed by atoms with E-state index in [2.05, 4.69) is 4.98 Å². The van der Waals surface area contributed by atoms with Crippen LogP contribution < -0.4 is 5.73 Å². The molecule has 1 aliphatic heterocycles. The van der Waals surface area contributed by atoms with Crippen molar-refractivity contribution < 1.29 is 14.3 Å². The zero-order valence-electron chi connectivity index (χ0n) is 13.7.